The number of carbonyl (C=O) groups is 3. The lowest BCUT2D eigenvalue weighted by atomic mass is 9.84. The van der Waals surface area contributed by atoms with Crippen LogP contribution in [0, 0.1) is 5.41 Å². The van der Waals surface area contributed by atoms with Gasteiger partial charge >= 0.3 is 24.3 Å². The summed E-state index contributed by atoms with van der Waals surface area (Å²) in [4.78, 5) is 38.8. The topological polar surface area (TPSA) is 103 Å². The maximum absolute atomic E-state index is 14.8. The number of amides is 2. The standard InChI is InChI=1S/C23H39F3N2O7/c1-11-12-13-22(23(24,25)26)14(15(29)32-16(33-22)19(2,3)4)28(18(31)35-21(8,9)10)27-17(30)34-20(5,6)7/h14,16H,11-13H2,1-10H3,(H,27,30)/t14-,16-,22-/m0/s1. The van der Waals surface area contributed by atoms with E-state index in [1.807, 2.05) is 5.43 Å². The van der Waals surface area contributed by atoms with Crippen molar-refractivity contribution in [3.63, 3.8) is 0 Å². The van der Waals surface area contributed by atoms with Crippen LogP contribution in [-0.2, 0) is 23.7 Å². The number of alkyl halides is 3. The Bertz CT molecular complexity index is 782. The fourth-order valence-electron chi connectivity index (χ4n) is 3.23. The average molecular weight is 513 g/mol. The Morgan fingerprint density at radius 2 is 1.51 bits per heavy atom. The zero-order chi connectivity index (χ0) is 27.6. The van der Waals surface area contributed by atoms with Crippen molar-refractivity contribution in [3.05, 3.63) is 0 Å². The molecule has 9 nitrogen and oxygen atoms in total. The lowest BCUT2D eigenvalue weighted by Crippen LogP contribution is -2.74. The molecule has 1 rings (SSSR count). The minimum atomic E-state index is -5.13. The van der Waals surface area contributed by atoms with Crippen molar-refractivity contribution in [1.82, 2.24) is 10.4 Å². The van der Waals surface area contributed by atoms with Crippen LogP contribution in [0.2, 0.25) is 0 Å². The third-order valence-electron chi connectivity index (χ3n) is 4.75. The smallest absolute Gasteiger partial charge is 0.430 e. The summed E-state index contributed by atoms with van der Waals surface area (Å²) in [5.41, 5.74) is -4.45. The summed E-state index contributed by atoms with van der Waals surface area (Å²) in [7, 11) is 0. The normalized spacial score (nSPS) is 23.9. The molecule has 0 aliphatic carbocycles. The molecule has 1 N–H and O–H groups in total. The van der Waals surface area contributed by atoms with Gasteiger partial charge in [0.25, 0.3) is 0 Å². The maximum atomic E-state index is 14.8. The molecule has 1 heterocycles. The first-order valence-corrected chi connectivity index (χ1v) is 11.5. The largest absolute Gasteiger partial charge is 0.443 e. The van der Waals surface area contributed by atoms with Crippen LogP contribution < -0.4 is 5.43 Å². The van der Waals surface area contributed by atoms with Crippen LogP contribution in [0.5, 0.6) is 0 Å². The molecule has 0 aromatic carbocycles. The molecule has 204 valence electrons. The van der Waals surface area contributed by atoms with E-state index in [0.29, 0.717) is 6.42 Å². The number of carbonyl (C=O) groups excluding carboxylic acids is 3. The summed E-state index contributed by atoms with van der Waals surface area (Å²) >= 11 is 0. The highest BCUT2D eigenvalue weighted by molar-refractivity contribution is 5.85. The first-order chi connectivity index (χ1) is 15.5. The van der Waals surface area contributed by atoms with Gasteiger partial charge in [0.05, 0.1) is 0 Å². The highest BCUT2D eigenvalue weighted by atomic mass is 19.4. The van der Waals surface area contributed by atoms with Crippen LogP contribution in [0.25, 0.3) is 0 Å². The van der Waals surface area contributed by atoms with Crippen molar-refractivity contribution in [1.29, 1.82) is 0 Å². The van der Waals surface area contributed by atoms with E-state index in [0.717, 1.165) is 0 Å². The van der Waals surface area contributed by atoms with E-state index in [-0.39, 0.29) is 11.4 Å². The molecule has 12 heteroatoms. The molecule has 3 atom stereocenters. The molecule has 0 radical (unpaired) electrons. The Morgan fingerprint density at radius 3 is 1.91 bits per heavy atom. The van der Waals surface area contributed by atoms with E-state index < -0.39 is 65.3 Å². The van der Waals surface area contributed by atoms with Gasteiger partial charge < -0.3 is 18.9 Å². The second kappa shape index (κ2) is 10.4. The third-order valence-corrected chi connectivity index (χ3v) is 4.75. The van der Waals surface area contributed by atoms with Crippen molar-refractivity contribution in [3.8, 4) is 0 Å². The monoisotopic (exact) mass is 512 g/mol. The first-order valence-electron chi connectivity index (χ1n) is 11.5. The van der Waals surface area contributed by atoms with E-state index in [9.17, 15) is 27.6 Å². The number of nitrogens with one attached hydrogen (secondary N) is 1. The number of hydrogen-bond donors (Lipinski definition) is 1. The predicted octanol–water partition coefficient (Wildman–Crippen LogP) is 5.47. The van der Waals surface area contributed by atoms with Crippen molar-refractivity contribution >= 4 is 18.2 Å². The lowest BCUT2D eigenvalue weighted by molar-refractivity contribution is -0.370. The molecular weight excluding hydrogens is 473 g/mol. The summed E-state index contributed by atoms with van der Waals surface area (Å²) in [6.45, 7) is 15.4. The molecule has 0 bridgehead atoms. The summed E-state index contributed by atoms with van der Waals surface area (Å²) in [6, 6.07) is -2.44. The van der Waals surface area contributed by atoms with Gasteiger partial charge in [0.2, 0.25) is 11.9 Å². The molecule has 1 saturated heterocycles. The van der Waals surface area contributed by atoms with E-state index in [2.05, 4.69) is 0 Å². The molecular formula is C23H39F3N2O7. The van der Waals surface area contributed by atoms with Gasteiger partial charge in [0, 0.05) is 5.41 Å². The Morgan fingerprint density at radius 1 is 1.00 bits per heavy atom. The van der Waals surface area contributed by atoms with Gasteiger partial charge in [-0.3, -0.25) is 0 Å². The van der Waals surface area contributed by atoms with E-state index in [1.165, 1.54) is 41.5 Å². The Balaban J connectivity index is 3.72. The molecule has 2 amide bonds. The van der Waals surface area contributed by atoms with Crippen molar-refractivity contribution in [2.75, 3.05) is 0 Å². The number of rotatable bonds is 4. The fourth-order valence-corrected chi connectivity index (χ4v) is 3.23. The maximum Gasteiger partial charge on any atom is 0.430 e. The van der Waals surface area contributed by atoms with Gasteiger partial charge in [0.15, 0.2) is 6.04 Å². The number of esters is 1. The number of hydrogen-bond acceptors (Lipinski definition) is 7. The van der Waals surface area contributed by atoms with Crippen molar-refractivity contribution < 1.29 is 46.5 Å². The van der Waals surface area contributed by atoms with Gasteiger partial charge in [-0.25, -0.2) is 19.8 Å². The number of cyclic esters (lactones) is 1. The zero-order valence-corrected chi connectivity index (χ0v) is 22.2. The van der Waals surface area contributed by atoms with Crippen LogP contribution in [-0.4, -0.2) is 58.5 Å². The van der Waals surface area contributed by atoms with Gasteiger partial charge in [-0.1, -0.05) is 40.5 Å². The molecule has 0 saturated carbocycles. The van der Waals surface area contributed by atoms with E-state index in [4.69, 9.17) is 18.9 Å². The van der Waals surface area contributed by atoms with Crippen LogP contribution in [0.3, 0.4) is 0 Å². The van der Waals surface area contributed by atoms with Crippen LogP contribution in [0.4, 0.5) is 22.8 Å². The molecule has 0 aromatic rings. The summed E-state index contributed by atoms with van der Waals surface area (Å²) in [5.74, 6) is -1.40. The molecule has 1 aliphatic rings. The Hall–Kier alpha value is -2.24. The third kappa shape index (κ3) is 8.15. The van der Waals surface area contributed by atoms with Gasteiger partial charge in [-0.15, -0.1) is 0 Å². The molecule has 1 aliphatic heterocycles. The summed E-state index contributed by atoms with van der Waals surface area (Å²) in [5, 5.41) is 0.170. The number of halogens is 3. The number of nitrogens with zero attached hydrogens (tertiary/aromatic N) is 1. The van der Waals surface area contributed by atoms with Crippen LogP contribution in [0.1, 0.15) is 88.5 Å². The minimum absolute atomic E-state index is 0.00868. The molecule has 35 heavy (non-hydrogen) atoms. The summed E-state index contributed by atoms with van der Waals surface area (Å²) < 4.78 is 65.5. The SMILES string of the molecule is CCCC[C@]1(C(F)(F)F)O[C@@H](C(C)(C)C)OC(=O)[C@@H]1N(NC(=O)OC(C)(C)C)C(=O)OC(C)(C)C. The van der Waals surface area contributed by atoms with Crippen LogP contribution >= 0.6 is 0 Å². The average Bonchev–Trinajstić information content (AvgIpc) is 2.59. The summed E-state index contributed by atoms with van der Waals surface area (Å²) in [6.07, 6.45) is -9.69. The van der Waals surface area contributed by atoms with E-state index in [1.54, 1.807) is 27.7 Å². The lowest BCUT2D eigenvalue weighted by Gasteiger charge is -2.51. The number of ether oxygens (including phenoxy) is 4. The highest BCUT2D eigenvalue weighted by Gasteiger charge is 2.70. The zero-order valence-electron chi connectivity index (χ0n) is 22.2. The Labute approximate surface area is 204 Å². The molecule has 0 spiro atoms. The predicted molar refractivity (Wildman–Crippen MR) is 120 cm³/mol. The van der Waals surface area contributed by atoms with Gasteiger partial charge in [0.1, 0.15) is 11.2 Å². The van der Waals surface area contributed by atoms with Crippen molar-refractivity contribution in [2.24, 2.45) is 5.41 Å². The van der Waals surface area contributed by atoms with Crippen LogP contribution in [0.15, 0.2) is 0 Å². The number of hydrazine groups is 1. The van der Waals surface area contributed by atoms with Gasteiger partial charge in [-0.2, -0.15) is 18.2 Å². The van der Waals surface area contributed by atoms with Gasteiger partial charge in [-0.05, 0) is 48.0 Å². The minimum Gasteiger partial charge on any atom is -0.443 e. The van der Waals surface area contributed by atoms with Crippen molar-refractivity contribution in [2.45, 2.75) is 124 Å². The molecule has 1 fully saturated rings. The molecule has 0 aromatic heterocycles. The fraction of sp³-hybridized carbons (Fsp3) is 0.870. The van der Waals surface area contributed by atoms with E-state index >= 15 is 0 Å². The molecule has 0 unspecified atom stereocenters. The first kappa shape index (κ1) is 30.8. The second-order valence-corrected chi connectivity index (χ2v) is 11.6. The number of unbranched alkanes of at least 4 members (excludes halogenated alkanes) is 1. The second-order valence-electron chi connectivity index (χ2n) is 11.6. The Kier molecular flexibility index (Phi) is 9.15. The highest BCUT2D eigenvalue weighted by Crippen LogP contribution is 2.48. The quantitative estimate of drug-likeness (QED) is 0.303.